The number of sulfone groups is 1. The first kappa shape index (κ1) is 22.0. The van der Waals surface area contributed by atoms with Crippen LogP contribution in [-0.4, -0.2) is 50.0 Å². The van der Waals surface area contributed by atoms with E-state index >= 15 is 0 Å². The molecule has 0 bridgehead atoms. The van der Waals surface area contributed by atoms with Gasteiger partial charge >= 0.3 is 0 Å². The van der Waals surface area contributed by atoms with Gasteiger partial charge in [-0.25, -0.2) is 8.42 Å². The third-order valence-corrected chi connectivity index (χ3v) is 7.05. The van der Waals surface area contributed by atoms with E-state index in [1.54, 1.807) is 36.2 Å². The quantitative estimate of drug-likeness (QED) is 0.564. The van der Waals surface area contributed by atoms with Crippen LogP contribution < -0.4 is 0 Å². The van der Waals surface area contributed by atoms with Crippen LogP contribution in [0.4, 0.5) is 0 Å². The third kappa shape index (κ3) is 4.90. The molecule has 1 aliphatic rings. The summed E-state index contributed by atoms with van der Waals surface area (Å²) in [6.07, 6.45) is 3.10. The van der Waals surface area contributed by atoms with E-state index in [2.05, 4.69) is 24.2 Å². The lowest BCUT2D eigenvalue weighted by Crippen LogP contribution is -2.45. The van der Waals surface area contributed by atoms with Gasteiger partial charge in [0.25, 0.3) is 0 Å². The zero-order valence-electron chi connectivity index (χ0n) is 17.6. The Hall–Kier alpha value is -2.67. The van der Waals surface area contributed by atoms with Crippen molar-refractivity contribution in [1.82, 2.24) is 4.90 Å². The summed E-state index contributed by atoms with van der Waals surface area (Å²) in [4.78, 5) is 14.8. The number of hydrogen-bond acceptors (Lipinski definition) is 5. The zero-order chi connectivity index (χ0) is 21.9. The van der Waals surface area contributed by atoms with E-state index in [1.165, 1.54) is 17.4 Å². The van der Waals surface area contributed by atoms with Crippen LogP contribution in [-0.2, 0) is 21.1 Å². The summed E-state index contributed by atoms with van der Waals surface area (Å²) in [5, 5.41) is 12.7. The Morgan fingerprint density at radius 3 is 2.43 bits per heavy atom. The Morgan fingerprint density at radius 2 is 1.83 bits per heavy atom. The summed E-state index contributed by atoms with van der Waals surface area (Å²) in [6, 6.07) is 15.0. The summed E-state index contributed by atoms with van der Waals surface area (Å²) in [6.45, 7) is 2.39. The lowest BCUT2D eigenvalue weighted by Gasteiger charge is -2.35. The number of rotatable bonds is 6. The topological polar surface area (TPSA) is 87.0 Å². The first-order chi connectivity index (χ1) is 14.2. The lowest BCUT2D eigenvalue weighted by atomic mass is 9.77. The monoisotopic (exact) mass is 428 g/mol. The van der Waals surface area contributed by atoms with Crippen LogP contribution in [0.5, 0.6) is 0 Å². The number of hydrogen-bond donors (Lipinski definition) is 1. The highest BCUT2D eigenvalue weighted by atomic mass is 32.2. The van der Waals surface area contributed by atoms with Crippen LogP contribution >= 0.6 is 0 Å². The molecule has 0 saturated carbocycles. The first-order valence-electron chi connectivity index (χ1n) is 10.00. The molecular formula is C23H28N2O4S. The maximum absolute atomic E-state index is 13.0. The van der Waals surface area contributed by atoms with E-state index < -0.39 is 9.84 Å². The maximum atomic E-state index is 13.0. The number of carbonyl (C=O) groups excluding carboxylic acids is 1. The minimum absolute atomic E-state index is 0.0179. The fourth-order valence-corrected chi connectivity index (χ4v) is 4.82. The van der Waals surface area contributed by atoms with Crippen LogP contribution in [0.2, 0.25) is 0 Å². The average Bonchev–Trinajstić information content (AvgIpc) is 2.71. The van der Waals surface area contributed by atoms with Crippen molar-refractivity contribution in [2.45, 2.75) is 37.0 Å². The number of aryl methyl sites for hydroxylation is 2. The molecule has 3 rings (SSSR count). The molecule has 1 aliphatic heterocycles. The molecule has 2 atom stereocenters. The lowest BCUT2D eigenvalue weighted by molar-refractivity contribution is -0.135. The summed E-state index contributed by atoms with van der Waals surface area (Å²) in [5.41, 5.74) is 3.92. The predicted molar refractivity (Wildman–Crippen MR) is 117 cm³/mol. The molecule has 30 heavy (non-hydrogen) atoms. The molecule has 6 nitrogen and oxygen atoms in total. The zero-order valence-corrected chi connectivity index (χ0v) is 18.4. The van der Waals surface area contributed by atoms with Gasteiger partial charge in [0, 0.05) is 19.7 Å². The second kappa shape index (κ2) is 9.00. The largest absolute Gasteiger partial charge is 0.411 e. The summed E-state index contributed by atoms with van der Waals surface area (Å²) in [7, 11) is -1.58. The molecule has 0 aliphatic carbocycles. The van der Waals surface area contributed by atoms with Crippen molar-refractivity contribution in [3.05, 3.63) is 65.2 Å². The standard InChI is InChI=1S/C23H28N2O4S/c1-16-6-4-5-7-17(16)10-13-21(18-8-11-20(12-9-18)30(3,28)29)22-14-19(24-27)15-25(2)23(22)26/h4-9,11-12,21-22,27H,10,13-15H2,1-3H3/b24-19+/t21-,22+/m0/s1. The van der Waals surface area contributed by atoms with E-state index in [1.807, 2.05) is 12.1 Å². The van der Waals surface area contributed by atoms with E-state index in [4.69, 9.17) is 0 Å². The molecule has 0 radical (unpaired) electrons. The first-order valence-corrected chi connectivity index (χ1v) is 11.9. The van der Waals surface area contributed by atoms with Gasteiger partial charge in [-0.15, -0.1) is 0 Å². The van der Waals surface area contributed by atoms with Crippen LogP contribution in [0.25, 0.3) is 0 Å². The highest BCUT2D eigenvalue weighted by Crippen LogP contribution is 2.36. The Balaban J connectivity index is 1.95. The minimum atomic E-state index is -3.29. The molecule has 1 heterocycles. The molecule has 7 heteroatoms. The SMILES string of the molecule is Cc1ccccc1CC[C@@H](c1ccc(S(C)(=O)=O)cc1)[C@H]1C/C(=N\O)CN(C)C1=O. The maximum Gasteiger partial charge on any atom is 0.226 e. The van der Waals surface area contributed by atoms with Gasteiger partial charge in [0.05, 0.1) is 23.1 Å². The van der Waals surface area contributed by atoms with Crippen LogP contribution in [0.1, 0.15) is 35.4 Å². The molecule has 2 aromatic rings. The summed E-state index contributed by atoms with van der Waals surface area (Å²) in [5.74, 6) is -0.461. The van der Waals surface area contributed by atoms with Crippen LogP contribution in [0.3, 0.4) is 0 Å². The van der Waals surface area contributed by atoms with Crippen molar-refractivity contribution < 1.29 is 18.4 Å². The van der Waals surface area contributed by atoms with Crippen molar-refractivity contribution in [2.75, 3.05) is 19.8 Å². The fraction of sp³-hybridized carbons (Fsp3) is 0.391. The molecule has 0 unspecified atom stereocenters. The second-order valence-electron chi connectivity index (χ2n) is 8.08. The van der Waals surface area contributed by atoms with E-state index in [0.717, 1.165) is 18.4 Å². The molecule has 2 aromatic carbocycles. The molecule has 160 valence electrons. The number of carbonyl (C=O) groups is 1. The van der Waals surface area contributed by atoms with Gasteiger partial charge in [0.15, 0.2) is 9.84 Å². The summed E-state index contributed by atoms with van der Waals surface area (Å²) >= 11 is 0. The van der Waals surface area contributed by atoms with Gasteiger partial charge in [-0.1, -0.05) is 41.6 Å². The molecule has 1 amide bonds. The van der Waals surface area contributed by atoms with Gasteiger partial charge < -0.3 is 10.1 Å². The molecular weight excluding hydrogens is 400 g/mol. The second-order valence-corrected chi connectivity index (χ2v) is 10.1. The van der Waals surface area contributed by atoms with E-state index in [9.17, 15) is 18.4 Å². The van der Waals surface area contributed by atoms with E-state index in [-0.39, 0.29) is 22.6 Å². The average molecular weight is 429 g/mol. The number of piperidine rings is 1. The Bertz CT molecular complexity index is 1050. The number of amides is 1. The Labute approximate surface area is 178 Å². The van der Waals surface area contributed by atoms with Crippen molar-refractivity contribution in [3.63, 3.8) is 0 Å². The van der Waals surface area contributed by atoms with Gasteiger partial charge in [-0.05, 0) is 54.5 Å². The molecule has 1 N–H and O–H groups in total. The number of benzene rings is 2. The minimum Gasteiger partial charge on any atom is -0.411 e. The van der Waals surface area contributed by atoms with E-state index in [0.29, 0.717) is 18.7 Å². The van der Waals surface area contributed by atoms with Crippen molar-refractivity contribution in [1.29, 1.82) is 0 Å². The van der Waals surface area contributed by atoms with Crippen LogP contribution in [0, 0.1) is 12.8 Å². The fourth-order valence-electron chi connectivity index (χ4n) is 4.19. The number of likely N-dealkylation sites (tertiary alicyclic amines) is 1. The van der Waals surface area contributed by atoms with Crippen molar-refractivity contribution in [2.24, 2.45) is 11.1 Å². The van der Waals surface area contributed by atoms with Gasteiger partial charge in [-0.3, -0.25) is 4.79 Å². The summed E-state index contributed by atoms with van der Waals surface area (Å²) < 4.78 is 23.7. The van der Waals surface area contributed by atoms with Crippen molar-refractivity contribution >= 4 is 21.5 Å². The number of oxime groups is 1. The predicted octanol–water partition coefficient (Wildman–Crippen LogP) is 3.42. The third-order valence-electron chi connectivity index (χ3n) is 5.92. The van der Waals surface area contributed by atoms with Gasteiger partial charge in [0.1, 0.15) is 0 Å². The molecule has 1 fully saturated rings. The Kier molecular flexibility index (Phi) is 6.61. The highest BCUT2D eigenvalue weighted by molar-refractivity contribution is 7.90. The van der Waals surface area contributed by atoms with Crippen molar-refractivity contribution in [3.8, 4) is 0 Å². The highest BCUT2D eigenvalue weighted by Gasteiger charge is 2.37. The molecule has 1 saturated heterocycles. The number of nitrogens with zero attached hydrogens (tertiary/aromatic N) is 2. The van der Waals surface area contributed by atoms with Crippen LogP contribution in [0.15, 0.2) is 58.6 Å². The van der Waals surface area contributed by atoms with Gasteiger partial charge in [-0.2, -0.15) is 0 Å². The smallest absolute Gasteiger partial charge is 0.226 e. The normalized spacial score (nSPS) is 19.8. The molecule has 0 aromatic heterocycles. The Morgan fingerprint density at radius 1 is 1.17 bits per heavy atom. The molecule has 0 spiro atoms. The van der Waals surface area contributed by atoms with Gasteiger partial charge in [0.2, 0.25) is 5.91 Å².